The quantitative estimate of drug-likeness (QED) is 0.194. The predicted octanol–water partition coefficient (Wildman–Crippen LogP) is 8.13. The first-order valence-corrected chi connectivity index (χ1v) is 21.0. The molecular weight excluding hydrogens is 778 g/mol. The maximum atomic E-state index is 12.1. The van der Waals surface area contributed by atoms with Gasteiger partial charge in [0.2, 0.25) is 0 Å². The van der Waals surface area contributed by atoms with Crippen LogP contribution in [0.5, 0.6) is 0 Å². The Kier molecular flexibility index (Phi) is 14.5. The molecule has 60 heavy (non-hydrogen) atoms. The fraction of sp³-hybridized carbons (Fsp3) is 0.426. The van der Waals surface area contributed by atoms with Gasteiger partial charge in [-0.15, -0.1) is 0 Å². The highest BCUT2D eigenvalue weighted by Crippen LogP contribution is 2.30. The fourth-order valence-electron chi connectivity index (χ4n) is 7.52. The largest absolute Gasteiger partial charge is 0.355 e. The van der Waals surface area contributed by atoms with Crippen LogP contribution >= 0.6 is 11.6 Å². The third-order valence-corrected chi connectivity index (χ3v) is 11.2. The van der Waals surface area contributed by atoms with E-state index in [1.807, 2.05) is 106 Å². The molecule has 13 heteroatoms. The number of benzene rings is 2. The molecule has 0 bridgehead atoms. The van der Waals surface area contributed by atoms with E-state index < -0.39 is 0 Å². The standard InChI is InChI=1S/C13H16N2O2.C13H18N2O.C11H13NO.C10H11ClN2O/c1-8(2)15-7-10-5-4-9(12(16)14-3)6-11(10)13(15)17;1-8(2)12-11-7-15(9(3)4)13(16)10(11)5-6-14-12;1-8(2)12-7-9-5-3-4-6-10(9)11(12)13;1-6(2)13-5-7-4-12-9(11)3-8(7)10(13)14/h4-6,8H,7H2,1-3H3,(H,14,16);5-6,8-9H,7H2,1-4H3;3-6,8H,7H2,1-2H3;3-4,6H,5H2,1-2H3. The first kappa shape index (κ1) is 45.5. The SMILES string of the molecule is CC(C)N1Cc2ccccc2C1=O.CC(C)N1Cc2cnc(Cl)cc2C1=O.CC(C)c1nccc2c1CN(C(C)C)C2=O.CNC(=O)c1ccc2c(c1)C(=O)N(C(C)C)C2. The van der Waals surface area contributed by atoms with Gasteiger partial charge in [-0.25, -0.2) is 4.98 Å². The molecule has 0 saturated carbocycles. The number of hydrogen-bond acceptors (Lipinski definition) is 7. The number of amides is 5. The molecule has 318 valence electrons. The summed E-state index contributed by atoms with van der Waals surface area (Å²) in [5, 5.41) is 2.93. The molecule has 2 aromatic carbocycles. The number of rotatable bonds is 6. The molecule has 12 nitrogen and oxygen atoms in total. The molecule has 5 amide bonds. The Morgan fingerprint density at radius 1 is 0.583 bits per heavy atom. The summed E-state index contributed by atoms with van der Waals surface area (Å²) in [6.45, 7) is 23.2. The second kappa shape index (κ2) is 19.2. The Morgan fingerprint density at radius 3 is 1.60 bits per heavy atom. The Morgan fingerprint density at radius 2 is 1.07 bits per heavy atom. The van der Waals surface area contributed by atoms with Crippen LogP contribution < -0.4 is 5.32 Å². The van der Waals surface area contributed by atoms with Crippen LogP contribution in [0.4, 0.5) is 0 Å². The van der Waals surface area contributed by atoms with Gasteiger partial charge in [-0.3, -0.25) is 29.0 Å². The van der Waals surface area contributed by atoms with Crippen LogP contribution in [0.25, 0.3) is 0 Å². The van der Waals surface area contributed by atoms with Gasteiger partial charge >= 0.3 is 0 Å². The lowest BCUT2D eigenvalue weighted by molar-refractivity contribution is 0.0722. The summed E-state index contributed by atoms with van der Waals surface area (Å²) in [6, 6.07) is 17.5. The summed E-state index contributed by atoms with van der Waals surface area (Å²) < 4.78 is 0. The van der Waals surface area contributed by atoms with Crippen molar-refractivity contribution in [2.75, 3.05) is 7.05 Å². The number of carbonyl (C=O) groups excluding carboxylic acids is 5. The van der Waals surface area contributed by atoms with Crippen LogP contribution in [0.1, 0.15) is 155 Å². The van der Waals surface area contributed by atoms with Crippen LogP contribution in [-0.2, 0) is 26.2 Å². The van der Waals surface area contributed by atoms with Crippen LogP contribution in [0, 0.1) is 0 Å². The molecule has 0 atom stereocenters. The Labute approximate surface area is 359 Å². The summed E-state index contributed by atoms with van der Waals surface area (Å²) in [5.41, 5.74) is 8.89. The summed E-state index contributed by atoms with van der Waals surface area (Å²) in [5.74, 6) is 0.596. The minimum Gasteiger partial charge on any atom is -0.355 e. The summed E-state index contributed by atoms with van der Waals surface area (Å²) in [6.07, 6.45) is 3.42. The summed E-state index contributed by atoms with van der Waals surface area (Å²) in [4.78, 5) is 75.1. The lowest BCUT2D eigenvalue weighted by Gasteiger charge is -2.20. The van der Waals surface area contributed by atoms with Crippen molar-refractivity contribution in [1.29, 1.82) is 0 Å². The maximum absolute atomic E-state index is 12.1. The molecule has 2 aromatic heterocycles. The van der Waals surface area contributed by atoms with Crippen molar-refractivity contribution in [3.8, 4) is 0 Å². The van der Waals surface area contributed by atoms with E-state index in [0.29, 0.717) is 53.4 Å². The maximum Gasteiger partial charge on any atom is 0.254 e. The monoisotopic (exact) mass is 835 g/mol. The fourth-order valence-corrected chi connectivity index (χ4v) is 7.67. The molecule has 0 fully saturated rings. The zero-order chi connectivity index (χ0) is 44.2. The van der Waals surface area contributed by atoms with Crippen molar-refractivity contribution >= 4 is 41.1 Å². The molecule has 8 rings (SSSR count). The zero-order valence-corrected chi connectivity index (χ0v) is 37.4. The van der Waals surface area contributed by atoms with Crippen LogP contribution in [0.15, 0.2) is 67.0 Å². The van der Waals surface area contributed by atoms with Crippen LogP contribution in [0.2, 0.25) is 5.15 Å². The van der Waals surface area contributed by atoms with E-state index in [2.05, 4.69) is 29.1 Å². The number of hydrogen-bond donors (Lipinski definition) is 1. The number of carbonyl (C=O) groups is 5. The smallest absolute Gasteiger partial charge is 0.254 e. The van der Waals surface area contributed by atoms with E-state index in [0.717, 1.165) is 45.6 Å². The van der Waals surface area contributed by atoms with Gasteiger partial charge in [0, 0.05) is 114 Å². The van der Waals surface area contributed by atoms with E-state index in [-0.39, 0.29) is 47.7 Å². The normalized spacial score (nSPS) is 14.9. The second-order valence-corrected chi connectivity index (χ2v) is 17.1. The van der Waals surface area contributed by atoms with E-state index in [1.165, 1.54) is 0 Å². The topological polar surface area (TPSA) is 136 Å². The lowest BCUT2D eigenvalue weighted by atomic mass is 10.0. The zero-order valence-electron chi connectivity index (χ0n) is 36.7. The van der Waals surface area contributed by atoms with E-state index >= 15 is 0 Å². The number of aromatic nitrogens is 2. The van der Waals surface area contributed by atoms with Crippen molar-refractivity contribution in [3.05, 3.63) is 128 Å². The predicted molar refractivity (Wildman–Crippen MR) is 234 cm³/mol. The molecule has 0 spiro atoms. The molecule has 0 saturated heterocycles. The van der Waals surface area contributed by atoms with Gasteiger partial charge in [0.25, 0.3) is 29.5 Å². The Hall–Kier alpha value is -5.62. The number of fused-ring (bicyclic) bond motifs is 4. The van der Waals surface area contributed by atoms with Gasteiger partial charge in [0.05, 0.1) is 0 Å². The van der Waals surface area contributed by atoms with Gasteiger partial charge in [-0.1, -0.05) is 49.7 Å². The average Bonchev–Trinajstić information content (AvgIpc) is 3.95. The number of halogens is 1. The molecule has 1 N–H and O–H groups in total. The number of nitrogens with zero attached hydrogens (tertiary/aromatic N) is 6. The van der Waals surface area contributed by atoms with Crippen molar-refractivity contribution in [2.45, 2.75) is 126 Å². The van der Waals surface area contributed by atoms with E-state index in [9.17, 15) is 24.0 Å². The van der Waals surface area contributed by atoms with Gasteiger partial charge in [0.1, 0.15) is 5.15 Å². The van der Waals surface area contributed by atoms with Crippen molar-refractivity contribution in [3.63, 3.8) is 0 Å². The first-order chi connectivity index (χ1) is 28.4. The highest BCUT2D eigenvalue weighted by atomic mass is 35.5. The summed E-state index contributed by atoms with van der Waals surface area (Å²) in [7, 11) is 1.58. The van der Waals surface area contributed by atoms with Crippen molar-refractivity contribution < 1.29 is 24.0 Å². The average molecular weight is 836 g/mol. The third-order valence-electron chi connectivity index (χ3n) is 11.0. The molecule has 6 heterocycles. The molecule has 0 aliphatic carbocycles. The van der Waals surface area contributed by atoms with Gasteiger partial charge in [-0.2, -0.15) is 0 Å². The number of pyridine rings is 2. The minimum absolute atomic E-state index is 0.0146. The minimum atomic E-state index is -0.163. The van der Waals surface area contributed by atoms with E-state index in [4.69, 9.17) is 11.6 Å². The van der Waals surface area contributed by atoms with Crippen molar-refractivity contribution in [2.24, 2.45) is 0 Å². The van der Waals surface area contributed by atoms with Crippen molar-refractivity contribution in [1.82, 2.24) is 34.9 Å². The third kappa shape index (κ3) is 9.70. The molecule has 4 aliphatic rings. The molecule has 0 radical (unpaired) electrons. The van der Waals surface area contributed by atoms with Crippen LogP contribution in [0.3, 0.4) is 0 Å². The highest BCUT2D eigenvalue weighted by molar-refractivity contribution is 6.29. The molecule has 0 unspecified atom stereocenters. The molecule has 4 aliphatic heterocycles. The van der Waals surface area contributed by atoms with Gasteiger partial charge in [0.15, 0.2) is 0 Å². The molecule has 4 aromatic rings. The highest BCUT2D eigenvalue weighted by Gasteiger charge is 2.33. The van der Waals surface area contributed by atoms with Gasteiger partial charge in [-0.05, 0) is 103 Å². The Bertz CT molecular complexity index is 2270. The van der Waals surface area contributed by atoms with Crippen LogP contribution in [-0.4, -0.2) is 90.3 Å². The van der Waals surface area contributed by atoms with Gasteiger partial charge < -0.3 is 24.9 Å². The Balaban J connectivity index is 0.000000152. The number of nitrogens with one attached hydrogen (secondary N) is 1. The lowest BCUT2D eigenvalue weighted by Crippen LogP contribution is -2.30. The molecular formula is C47H58ClN7O5. The second-order valence-electron chi connectivity index (χ2n) is 16.8. The first-order valence-electron chi connectivity index (χ1n) is 20.6. The summed E-state index contributed by atoms with van der Waals surface area (Å²) >= 11 is 5.73. The van der Waals surface area contributed by atoms with E-state index in [1.54, 1.807) is 42.5 Å².